The first kappa shape index (κ1) is 14.6. The van der Waals surface area contributed by atoms with Gasteiger partial charge in [0.05, 0.1) is 0 Å². The second-order valence-electron chi connectivity index (χ2n) is 5.55. The highest BCUT2D eigenvalue weighted by Gasteiger charge is 2.02. The summed E-state index contributed by atoms with van der Waals surface area (Å²) in [6, 6.07) is 17.6. The number of allylic oxidation sites excluding steroid dienone is 1. The molecule has 0 aromatic heterocycles. The lowest BCUT2D eigenvalue weighted by Crippen LogP contribution is -1.87. The number of unbranched alkanes of at least 4 members (excludes halogenated alkanes) is 1. The van der Waals surface area contributed by atoms with Crippen LogP contribution in [-0.2, 0) is 0 Å². The molecule has 0 bridgehead atoms. The summed E-state index contributed by atoms with van der Waals surface area (Å²) in [5, 5.41) is 0. The van der Waals surface area contributed by atoms with Gasteiger partial charge in [-0.25, -0.2) is 0 Å². The van der Waals surface area contributed by atoms with E-state index < -0.39 is 0 Å². The van der Waals surface area contributed by atoms with E-state index in [4.69, 9.17) is 0 Å². The van der Waals surface area contributed by atoms with Crippen molar-refractivity contribution in [2.24, 2.45) is 0 Å². The lowest BCUT2D eigenvalue weighted by atomic mass is 9.97. The maximum absolute atomic E-state index is 2.33. The van der Waals surface area contributed by atoms with Gasteiger partial charge in [0.15, 0.2) is 0 Å². The fourth-order valence-corrected chi connectivity index (χ4v) is 2.30. The molecule has 0 spiro atoms. The van der Waals surface area contributed by atoms with Crippen molar-refractivity contribution >= 4 is 11.6 Å². The van der Waals surface area contributed by atoms with E-state index in [0.29, 0.717) is 0 Å². The van der Waals surface area contributed by atoms with E-state index in [1.165, 1.54) is 40.7 Å². The molecule has 0 heterocycles. The summed E-state index contributed by atoms with van der Waals surface area (Å²) in [5.41, 5.74) is 6.72. The van der Waals surface area contributed by atoms with E-state index in [1.54, 1.807) is 0 Å². The van der Waals surface area contributed by atoms with Gasteiger partial charge in [-0.3, -0.25) is 0 Å². The SMILES string of the molecule is CCCC/C(=C/c1ccc(C)cc1)c1ccc(C)cc1. The van der Waals surface area contributed by atoms with Gasteiger partial charge in [-0.15, -0.1) is 0 Å². The molecule has 20 heavy (non-hydrogen) atoms. The Morgan fingerprint density at radius 3 is 1.95 bits per heavy atom. The Morgan fingerprint density at radius 2 is 1.40 bits per heavy atom. The zero-order valence-electron chi connectivity index (χ0n) is 12.8. The molecular formula is C20H24. The van der Waals surface area contributed by atoms with Crippen LogP contribution in [0, 0.1) is 13.8 Å². The standard InChI is InChI=1S/C20H24/c1-4-5-6-20(19-13-9-17(3)10-14-19)15-18-11-7-16(2)8-12-18/h7-15H,4-6H2,1-3H3/b20-15-. The van der Waals surface area contributed by atoms with E-state index in [9.17, 15) is 0 Å². The molecular weight excluding hydrogens is 240 g/mol. The lowest BCUT2D eigenvalue weighted by Gasteiger charge is -2.09. The number of rotatable bonds is 5. The Hall–Kier alpha value is -1.82. The summed E-state index contributed by atoms with van der Waals surface area (Å²) in [6.07, 6.45) is 5.95. The van der Waals surface area contributed by atoms with Gasteiger partial charge in [0.25, 0.3) is 0 Å². The molecule has 2 aromatic rings. The van der Waals surface area contributed by atoms with E-state index in [0.717, 1.165) is 6.42 Å². The van der Waals surface area contributed by atoms with Crippen molar-refractivity contribution < 1.29 is 0 Å². The molecule has 0 nitrogen and oxygen atoms in total. The quantitative estimate of drug-likeness (QED) is 0.578. The lowest BCUT2D eigenvalue weighted by molar-refractivity contribution is 0.825. The minimum absolute atomic E-state index is 1.15. The molecule has 0 saturated carbocycles. The summed E-state index contributed by atoms with van der Waals surface area (Å²) in [7, 11) is 0. The molecule has 0 heteroatoms. The smallest absolute Gasteiger partial charge is 0.0224 e. The van der Waals surface area contributed by atoms with Gasteiger partial charge in [0, 0.05) is 0 Å². The molecule has 2 rings (SSSR count). The Kier molecular flexibility index (Phi) is 5.17. The number of hydrogen-bond donors (Lipinski definition) is 0. The fourth-order valence-electron chi connectivity index (χ4n) is 2.30. The molecule has 0 saturated heterocycles. The Labute approximate surface area is 123 Å². The van der Waals surface area contributed by atoms with Crippen LogP contribution in [0.1, 0.15) is 48.4 Å². The van der Waals surface area contributed by atoms with Crippen molar-refractivity contribution in [2.45, 2.75) is 40.0 Å². The Morgan fingerprint density at radius 1 is 0.850 bits per heavy atom. The Bertz CT molecular complexity index is 556. The predicted molar refractivity (Wildman–Crippen MR) is 89.8 cm³/mol. The van der Waals surface area contributed by atoms with E-state index in [2.05, 4.69) is 75.4 Å². The van der Waals surface area contributed by atoms with E-state index in [1.807, 2.05) is 0 Å². The third-order valence-electron chi connectivity index (χ3n) is 3.64. The fraction of sp³-hybridized carbons (Fsp3) is 0.300. The molecule has 0 amide bonds. The minimum Gasteiger partial charge on any atom is -0.0654 e. The average molecular weight is 264 g/mol. The normalized spacial score (nSPS) is 11.7. The third-order valence-corrected chi connectivity index (χ3v) is 3.64. The molecule has 0 atom stereocenters. The molecule has 0 fully saturated rings. The van der Waals surface area contributed by atoms with Crippen LogP contribution in [0.5, 0.6) is 0 Å². The van der Waals surface area contributed by atoms with Gasteiger partial charge < -0.3 is 0 Å². The van der Waals surface area contributed by atoms with Crippen LogP contribution in [0.15, 0.2) is 48.5 Å². The summed E-state index contributed by atoms with van der Waals surface area (Å²) >= 11 is 0. The van der Waals surface area contributed by atoms with Gasteiger partial charge in [0.2, 0.25) is 0 Å². The first-order valence-corrected chi connectivity index (χ1v) is 7.53. The Balaban J connectivity index is 2.31. The second kappa shape index (κ2) is 7.09. The van der Waals surface area contributed by atoms with Crippen LogP contribution in [-0.4, -0.2) is 0 Å². The predicted octanol–water partition coefficient (Wildman–Crippen LogP) is 6.03. The summed E-state index contributed by atoms with van der Waals surface area (Å²) < 4.78 is 0. The van der Waals surface area contributed by atoms with Crippen molar-refractivity contribution in [3.05, 3.63) is 70.8 Å². The van der Waals surface area contributed by atoms with Crippen molar-refractivity contribution in [1.29, 1.82) is 0 Å². The molecule has 0 radical (unpaired) electrons. The summed E-state index contributed by atoms with van der Waals surface area (Å²) in [4.78, 5) is 0. The number of aryl methyl sites for hydroxylation is 2. The van der Waals surface area contributed by atoms with Gasteiger partial charge in [0.1, 0.15) is 0 Å². The van der Waals surface area contributed by atoms with Crippen molar-refractivity contribution in [3.8, 4) is 0 Å². The summed E-state index contributed by atoms with van der Waals surface area (Å²) in [5.74, 6) is 0. The summed E-state index contributed by atoms with van der Waals surface area (Å²) in [6.45, 7) is 6.52. The zero-order chi connectivity index (χ0) is 14.4. The highest BCUT2D eigenvalue weighted by molar-refractivity contribution is 5.81. The van der Waals surface area contributed by atoms with Crippen molar-refractivity contribution in [1.82, 2.24) is 0 Å². The largest absolute Gasteiger partial charge is 0.0654 e. The van der Waals surface area contributed by atoms with Gasteiger partial charge in [-0.1, -0.05) is 79.1 Å². The van der Waals surface area contributed by atoms with Crippen LogP contribution in [0.4, 0.5) is 0 Å². The second-order valence-corrected chi connectivity index (χ2v) is 5.55. The molecule has 0 unspecified atom stereocenters. The van der Waals surface area contributed by atoms with Crippen molar-refractivity contribution in [2.75, 3.05) is 0 Å². The highest BCUT2D eigenvalue weighted by Crippen LogP contribution is 2.24. The third kappa shape index (κ3) is 4.09. The topological polar surface area (TPSA) is 0 Å². The first-order chi connectivity index (χ1) is 9.69. The van der Waals surface area contributed by atoms with E-state index in [-0.39, 0.29) is 0 Å². The molecule has 0 aliphatic carbocycles. The van der Waals surface area contributed by atoms with Crippen molar-refractivity contribution in [3.63, 3.8) is 0 Å². The van der Waals surface area contributed by atoms with E-state index >= 15 is 0 Å². The maximum Gasteiger partial charge on any atom is -0.0224 e. The van der Waals surface area contributed by atoms with Gasteiger partial charge >= 0.3 is 0 Å². The van der Waals surface area contributed by atoms with Gasteiger partial charge in [-0.2, -0.15) is 0 Å². The van der Waals surface area contributed by atoms with Crippen LogP contribution in [0.3, 0.4) is 0 Å². The van der Waals surface area contributed by atoms with Crippen LogP contribution >= 0.6 is 0 Å². The van der Waals surface area contributed by atoms with Crippen LogP contribution in [0.25, 0.3) is 11.6 Å². The zero-order valence-corrected chi connectivity index (χ0v) is 12.8. The highest BCUT2D eigenvalue weighted by atomic mass is 14.1. The first-order valence-electron chi connectivity index (χ1n) is 7.53. The molecule has 0 aliphatic heterocycles. The van der Waals surface area contributed by atoms with Gasteiger partial charge in [-0.05, 0) is 43.4 Å². The molecule has 104 valence electrons. The number of hydrogen-bond acceptors (Lipinski definition) is 0. The monoisotopic (exact) mass is 264 g/mol. The molecule has 0 aliphatic rings. The molecule has 2 aromatic carbocycles. The maximum atomic E-state index is 2.33. The van der Waals surface area contributed by atoms with Crippen LogP contribution < -0.4 is 0 Å². The van der Waals surface area contributed by atoms with Crippen LogP contribution in [0.2, 0.25) is 0 Å². The molecule has 0 N–H and O–H groups in total. The number of benzene rings is 2. The minimum atomic E-state index is 1.15. The average Bonchev–Trinajstić information content (AvgIpc) is 2.46.